The molecule has 0 bridgehead atoms. The summed E-state index contributed by atoms with van der Waals surface area (Å²) in [6.45, 7) is 3.05. The summed E-state index contributed by atoms with van der Waals surface area (Å²) in [4.78, 5) is 15.8. The second-order valence-electron chi connectivity index (χ2n) is 7.90. The van der Waals surface area contributed by atoms with E-state index < -0.39 is 25.9 Å². The van der Waals surface area contributed by atoms with Gasteiger partial charge in [0.25, 0.3) is 5.91 Å². The number of likely N-dealkylation sites (tertiary alicyclic amines) is 1. The maximum atomic E-state index is 13.1. The molecule has 10 heteroatoms. The Morgan fingerprint density at radius 3 is 2.12 bits per heavy atom. The van der Waals surface area contributed by atoms with Crippen LogP contribution in [-0.2, 0) is 19.9 Å². The van der Waals surface area contributed by atoms with E-state index in [1.165, 1.54) is 36.0 Å². The van der Waals surface area contributed by atoms with Gasteiger partial charge in [-0.3, -0.25) is 4.79 Å². The minimum absolute atomic E-state index is 0.0234. The first kappa shape index (κ1) is 24.8. The zero-order chi connectivity index (χ0) is 23.5. The summed E-state index contributed by atoms with van der Waals surface area (Å²) < 4.78 is 52.0. The molecule has 7 nitrogen and oxygen atoms in total. The number of carbonyl (C=O) groups is 1. The van der Waals surface area contributed by atoms with Gasteiger partial charge < -0.3 is 4.90 Å². The Labute approximate surface area is 194 Å². The van der Waals surface area contributed by atoms with E-state index in [2.05, 4.69) is 4.72 Å². The highest BCUT2D eigenvalue weighted by atomic mass is 32.2. The third-order valence-electron chi connectivity index (χ3n) is 5.50. The molecule has 2 aromatic rings. The largest absolute Gasteiger partial charge is 0.339 e. The topological polar surface area (TPSA) is 101 Å². The summed E-state index contributed by atoms with van der Waals surface area (Å²) in [5.41, 5.74) is 1.03. The number of rotatable bonds is 7. The van der Waals surface area contributed by atoms with Crippen molar-refractivity contribution in [1.82, 2.24) is 9.62 Å². The van der Waals surface area contributed by atoms with Gasteiger partial charge >= 0.3 is 0 Å². The Kier molecular flexibility index (Phi) is 7.69. The lowest BCUT2D eigenvalue weighted by Gasteiger charge is -2.27. The van der Waals surface area contributed by atoms with Crippen LogP contribution in [-0.4, -0.2) is 53.2 Å². The summed E-state index contributed by atoms with van der Waals surface area (Å²) in [7, 11) is -7.24. The molecule has 1 heterocycles. The van der Waals surface area contributed by atoms with Gasteiger partial charge in [0, 0.05) is 30.3 Å². The van der Waals surface area contributed by atoms with E-state index in [0.717, 1.165) is 30.4 Å². The first-order valence-electron chi connectivity index (χ1n) is 10.3. The summed E-state index contributed by atoms with van der Waals surface area (Å²) in [6.07, 6.45) is 5.98. The normalized spacial score (nSPS) is 16.0. The fraction of sp³-hybridized carbons (Fsp3) is 0.409. The van der Waals surface area contributed by atoms with E-state index in [1.807, 2.05) is 6.26 Å². The maximum absolute atomic E-state index is 13.1. The van der Waals surface area contributed by atoms with Gasteiger partial charge in [-0.15, -0.1) is 11.8 Å². The molecule has 1 amide bonds. The van der Waals surface area contributed by atoms with Crippen LogP contribution in [0.3, 0.4) is 0 Å². The number of nitrogens with one attached hydrogen (secondary N) is 1. The van der Waals surface area contributed by atoms with Gasteiger partial charge in [-0.05, 0) is 68.3 Å². The van der Waals surface area contributed by atoms with Crippen LogP contribution in [0.5, 0.6) is 0 Å². The molecule has 3 rings (SSSR count). The zero-order valence-electron chi connectivity index (χ0n) is 18.4. The minimum Gasteiger partial charge on any atom is -0.339 e. The molecule has 1 fully saturated rings. The van der Waals surface area contributed by atoms with Crippen LogP contribution in [0, 0.1) is 0 Å². The Hall–Kier alpha value is -1.88. The average Bonchev–Trinajstić information content (AvgIpc) is 2.78. The minimum atomic E-state index is -3.91. The summed E-state index contributed by atoms with van der Waals surface area (Å²) >= 11 is 1.41. The standard InChI is InChI=1S/C22H28N2O5S3/c1-16(17-7-9-18(10-8-17)31(3,26)27)23-32(28,29)19-11-12-21(30-2)20(15-19)22(25)24-13-5-4-6-14-24/h7-12,15-16,23H,4-6,13-14H2,1-3H3/t16-/m0/s1. The molecule has 0 aromatic heterocycles. The third kappa shape index (κ3) is 5.72. The average molecular weight is 497 g/mol. The van der Waals surface area contributed by atoms with Crippen molar-refractivity contribution in [3.8, 4) is 0 Å². The van der Waals surface area contributed by atoms with Crippen LogP contribution >= 0.6 is 11.8 Å². The molecule has 32 heavy (non-hydrogen) atoms. The summed E-state index contributed by atoms with van der Waals surface area (Å²) in [6, 6.07) is 10.1. The van der Waals surface area contributed by atoms with Gasteiger partial charge in [-0.25, -0.2) is 21.6 Å². The van der Waals surface area contributed by atoms with Gasteiger partial charge in [0.2, 0.25) is 10.0 Å². The Bertz CT molecular complexity index is 1190. The van der Waals surface area contributed by atoms with Crippen molar-refractivity contribution in [2.45, 2.75) is 46.9 Å². The van der Waals surface area contributed by atoms with E-state index in [4.69, 9.17) is 0 Å². The quantitative estimate of drug-likeness (QED) is 0.589. The van der Waals surface area contributed by atoms with Crippen LogP contribution in [0.25, 0.3) is 0 Å². The number of sulfonamides is 1. The molecule has 0 spiro atoms. The van der Waals surface area contributed by atoms with Gasteiger partial charge in [-0.1, -0.05) is 12.1 Å². The van der Waals surface area contributed by atoms with Crippen molar-refractivity contribution in [2.24, 2.45) is 0 Å². The fourth-order valence-corrected chi connectivity index (χ4v) is 6.12. The van der Waals surface area contributed by atoms with Crippen LogP contribution in [0.2, 0.25) is 0 Å². The van der Waals surface area contributed by atoms with Gasteiger partial charge in [0.15, 0.2) is 9.84 Å². The highest BCUT2D eigenvalue weighted by Crippen LogP contribution is 2.27. The SMILES string of the molecule is CSc1ccc(S(=O)(=O)N[C@@H](C)c2ccc(S(C)(=O)=O)cc2)cc1C(=O)N1CCCCC1. The summed E-state index contributed by atoms with van der Waals surface area (Å²) in [5, 5.41) is 0. The van der Waals surface area contributed by atoms with Gasteiger partial charge in [0.05, 0.1) is 15.4 Å². The molecule has 1 aliphatic heterocycles. The Morgan fingerprint density at radius 2 is 1.56 bits per heavy atom. The number of thioether (sulfide) groups is 1. The molecule has 1 atom stereocenters. The lowest BCUT2D eigenvalue weighted by Crippen LogP contribution is -2.36. The van der Waals surface area contributed by atoms with Crippen molar-refractivity contribution >= 4 is 37.5 Å². The van der Waals surface area contributed by atoms with Crippen LogP contribution in [0.4, 0.5) is 0 Å². The molecule has 0 unspecified atom stereocenters. The number of hydrogen-bond donors (Lipinski definition) is 1. The van der Waals surface area contributed by atoms with E-state index in [-0.39, 0.29) is 15.7 Å². The molecule has 1 saturated heterocycles. The van der Waals surface area contributed by atoms with Crippen molar-refractivity contribution < 1.29 is 21.6 Å². The van der Waals surface area contributed by atoms with Crippen molar-refractivity contribution in [3.63, 3.8) is 0 Å². The number of nitrogens with zero attached hydrogens (tertiary/aromatic N) is 1. The second-order valence-corrected chi connectivity index (χ2v) is 12.5. The van der Waals surface area contributed by atoms with Crippen molar-refractivity contribution in [1.29, 1.82) is 0 Å². The summed E-state index contributed by atoms with van der Waals surface area (Å²) in [5.74, 6) is -0.143. The molecule has 0 aliphatic carbocycles. The van der Waals surface area contributed by atoms with Crippen LogP contribution in [0.1, 0.15) is 48.1 Å². The zero-order valence-corrected chi connectivity index (χ0v) is 20.8. The molecule has 1 aliphatic rings. The molecular weight excluding hydrogens is 468 g/mol. The molecule has 0 saturated carbocycles. The lowest BCUT2D eigenvalue weighted by atomic mass is 10.1. The fourth-order valence-electron chi connectivity index (χ4n) is 3.66. The predicted octanol–water partition coefficient (Wildman–Crippen LogP) is 3.48. The lowest BCUT2D eigenvalue weighted by molar-refractivity contribution is 0.0720. The van der Waals surface area contributed by atoms with E-state index in [9.17, 15) is 21.6 Å². The molecular formula is C22H28N2O5S3. The first-order chi connectivity index (χ1) is 15.0. The Balaban J connectivity index is 1.85. The first-order valence-corrected chi connectivity index (χ1v) is 14.9. The van der Waals surface area contributed by atoms with Crippen LogP contribution < -0.4 is 4.72 Å². The molecule has 1 N–H and O–H groups in total. The van der Waals surface area contributed by atoms with Gasteiger partial charge in [-0.2, -0.15) is 0 Å². The van der Waals surface area contributed by atoms with Gasteiger partial charge in [0.1, 0.15) is 0 Å². The molecule has 2 aromatic carbocycles. The molecule has 0 radical (unpaired) electrons. The number of benzene rings is 2. The van der Waals surface area contributed by atoms with E-state index >= 15 is 0 Å². The number of carbonyl (C=O) groups excluding carboxylic acids is 1. The predicted molar refractivity (Wildman–Crippen MR) is 126 cm³/mol. The Morgan fingerprint density at radius 1 is 0.969 bits per heavy atom. The molecule has 174 valence electrons. The van der Waals surface area contributed by atoms with Crippen molar-refractivity contribution in [3.05, 3.63) is 53.6 Å². The van der Waals surface area contributed by atoms with Crippen LogP contribution in [0.15, 0.2) is 57.2 Å². The number of hydrogen-bond acceptors (Lipinski definition) is 6. The monoisotopic (exact) mass is 496 g/mol. The van der Waals surface area contributed by atoms with E-state index in [1.54, 1.807) is 30.0 Å². The smallest absolute Gasteiger partial charge is 0.255 e. The number of piperidine rings is 1. The van der Waals surface area contributed by atoms with E-state index in [0.29, 0.717) is 24.2 Å². The number of sulfone groups is 1. The highest BCUT2D eigenvalue weighted by Gasteiger charge is 2.25. The maximum Gasteiger partial charge on any atom is 0.255 e. The second kappa shape index (κ2) is 9.94. The number of amides is 1. The van der Waals surface area contributed by atoms with Crippen molar-refractivity contribution in [2.75, 3.05) is 25.6 Å². The highest BCUT2D eigenvalue weighted by molar-refractivity contribution is 7.98. The third-order valence-corrected chi connectivity index (χ3v) is 8.96.